The number of aliphatic hydroxyl groups excluding tert-OH is 1. The highest BCUT2D eigenvalue weighted by atomic mass is 79.9. The maximum atomic E-state index is 12.2. The van der Waals surface area contributed by atoms with Crippen molar-refractivity contribution in [2.24, 2.45) is 0 Å². The average Bonchev–Trinajstić information content (AvgIpc) is 2.40. The van der Waals surface area contributed by atoms with Gasteiger partial charge in [-0.2, -0.15) is 0 Å². The summed E-state index contributed by atoms with van der Waals surface area (Å²) in [6.45, 7) is 0.562. The molecule has 1 aliphatic carbocycles. The lowest BCUT2D eigenvalue weighted by Gasteiger charge is -2.37. The van der Waals surface area contributed by atoms with Gasteiger partial charge in [-0.15, -0.1) is 0 Å². The summed E-state index contributed by atoms with van der Waals surface area (Å²) in [5.41, 5.74) is 0.997. The van der Waals surface area contributed by atoms with Crippen LogP contribution in [0.25, 0.3) is 0 Å². The fraction of sp³-hybridized carbons (Fsp3) is 0.500. The molecule has 1 heterocycles. The van der Waals surface area contributed by atoms with Crippen molar-refractivity contribution in [2.75, 3.05) is 0 Å². The van der Waals surface area contributed by atoms with Gasteiger partial charge in [-0.1, -0.05) is 15.9 Å². The Labute approximate surface area is 134 Å². The molecule has 2 aliphatic rings. The Balaban J connectivity index is 1.83. The second-order valence-electron chi connectivity index (χ2n) is 5.33. The molecule has 3 rings (SSSR count). The van der Waals surface area contributed by atoms with Gasteiger partial charge in [0.05, 0.1) is 17.1 Å². The molecule has 108 valence electrons. The van der Waals surface area contributed by atoms with Crippen molar-refractivity contribution in [2.45, 2.75) is 44.4 Å². The van der Waals surface area contributed by atoms with Crippen molar-refractivity contribution < 1.29 is 14.6 Å². The minimum absolute atomic E-state index is 0.164. The molecule has 0 unspecified atom stereocenters. The average molecular weight is 405 g/mol. The maximum Gasteiger partial charge on any atom is 0.415 e. The lowest BCUT2D eigenvalue weighted by molar-refractivity contribution is 0.0628. The van der Waals surface area contributed by atoms with Gasteiger partial charge in [0, 0.05) is 16.1 Å². The Morgan fingerprint density at radius 1 is 1.20 bits per heavy atom. The molecule has 0 bridgehead atoms. The van der Waals surface area contributed by atoms with E-state index in [2.05, 4.69) is 31.9 Å². The number of aliphatic hydroxyl groups is 1. The van der Waals surface area contributed by atoms with E-state index in [4.69, 9.17) is 4.74 Å². The molecule has 1 saturated carbocycles. The first-order valence-corrected chi connectivity index (χ1v) is 8.27. The van der Waals surface area contributed by atoms with Gasteiger partial charge in [0.2, 0.25) is 0 Å². The Morgan fingerprint density at radius 3 is 2.60 bits per heavy atom. The summed E-state index contributed by atoms with van der Waals surface area (Å²) in [4.78, 5) is 14.0. The first-order valence-electron chi connectivity index (χ1n) is 6.69. The monoisotopic (exact) mass is 403 g/mol. The molecule has 0 aromatic heterocycles. The zero-order valence-electron chi connectivity index (χ0n) is 10.8. The second-order valence-corrected chi connectivity index (χ2v) is 7.10. The molecule has 4 nitrogen and oxygen atoms in total. The van der Waals surface area contributed by atoms with Crippen LogP contribution in [0.4, 0.5) is 4.79 Å². The molecule has 20 heavy (non-hydrogen) atoms. The van der Waals surface area contributed by atoms with Gasteiger partial charge in [0.1, 0.15) is 0 Å². The normalized spacial score (nSPS) is 26.1. The number of nitrogens with zero attached hydrogens (tertiary/aromatic N) is 1. The first-order chi connectivity index (χ1) is 9.54. The van der Waals surface area contributed by atoms with Crippen LogP contribution in [-0.4, -0.2) is 28.2 Å². The van der Waals surface area contributed by atoms with E-state index >= 15 is 0 Å². The summed E-state index contributed by atoms with van der Waals surface area (Å²) in [6.07, 6.45) is 2.67. The SMILES string of the molecule is O=C1Oc2c(Br)cc(Br)cc2CN1C1CCC(O)CC1. The van der Waals surface area contributed by atoms with Crippen LogP contribution in [0, 0.1) is 0 Å². The number of hydrogen-bond acceptors (Lipinski definition) is 3. The van der Waals surface area contributed by atoms with E-state index in [1.54, 1.807) is 4.90 Å². The Kier molecular flexibility index (Phi) is 4.06. The smallest absolute Gasteiger partial charge is 0.409 e. The van der Waals surface area contributed by atoms with Crippen molar-refractivity contribution in [3.8, 4) is 5.75 Å². The van der Waals surface area contributed by atoms with E-state index in [1.165, 1.54) is 0 Å². The number of benzene rings is 1. The fourth-order valence-electron chi connectivity index (χ4n) is 2.89. The number of fused-ring (bicyclic) bond motifs is 1. The highest BCUT2D eigenvalue weighted by molar-refractivity contribution is 9.11. The van der Waals surface area contributed by atoms with Gasteiger partial charge in [0.25, 0.3) is 0 Å². The van der Waals surface area contributed by atoms with Crippen LogP contribution in [0.2, 0.25) is 0 Å². The van der Waals surface area contributed by atoms with Gasteiger partial charge < -0.3 is 14.7 Å². The predicted molar refractivity (Wildman–Crippen MR) is 81.7 cm³/mol. The molecule has 1 amide bonds. The summed E-state index contributed by atoms with van der Waals surface area (Å²) in [6, 6.07) is 4.02. The molecule has 1 fully saturated rings. The minimum Gasteiger partial charge on any atom is -0.409 e. The molecule has 0 spiro atoms. The Morgan fingerprint density at radius 2 is 1.90 bits per heavy atom. The van der Waals surface area contributed by atoms with Crippen molar-refractivity contribution in [1.29, 1.82) is 0 Å². The molecule has 0 radical (unpaired) electrons. The fourth-order valence-corrected chi connectivity index (χ4v) is 4.28. The van der Waals surface area contributed by atoms with E-state index < -0.39 is 0 Å². The quantitative estimate of drug-likeness (QED) is 0.773. The van der Waals surface area contributed by atoms with E-state index in [1.807, 2.05) is 12.1 Å². The number of amides is 1. The number of hydrogen-bond donors (Lipinski definition) is 1. The van der Waals surface area contributed by atoms with Crippen molar-refractivity contribution in [1.82, 2.24) is 4.90 Å². The molecule has 1 aliphatic heterocycles. The topological polar surface area (TPSA) is 49.8 Å². The summed E-state index contributed by atoms with van der Waals surface area (Å²) in [5, 5.41) is 9.57. The summed E-state index contributed by atoms with van der Waals surface area (Å²) < 4.78 is 7.21. The van der Waals surface area contributed by atoms with Gasteiger partial charge >= 0.3 is 6.09 Å². The molecule has 0 saturated heterocycles. The van der Waals surface area contributed by atoms with E-state index in [0.29, 0.717) is 12.3 Å². The van der Waals surface area contributed by atoms with Gasteiger partial charge in [-0.3, -0.25) is 0 Å². The summed E-state index contributed by atoms with van der Waals surface area (Å²) in [5.74, 6) is 0.616. The molecule has 1 N–H and O–H groups in total. The third-order valence-electron chi connectivity index (χ3n) is 3.96. The maximum absolute atomic E-state index is 12.2. The number of rotatable bonds is 1. The summed E-state index contributed by atoms with van der Waals surface area (Å²) in [7, 11) is 0. The van der Waals surface area contributed by atoms with E-state index in [9.17, 15) is 9.90 Å². The van der Waals surface area contributed by atoms with Crippen LogP contribution in [-0.2, 0) is 6.54 Å². The van der Waals surface area contributed by atoms with Crippen molar-refractivity contribution in [3.63, 3.8) is 0 Å². The second kappa shape index (κ2) is 5.66. The number of carbonyl (C=O) groups is 1. The Hall–Kier alpha value is -0.590. The van der Waals surface area contributed by atoms with Crippen LogP contribution in [0.5, 0.6) is 5.75 Å². The predicted octanol–water partition coefficient (Wildman–Crippen LogP) is 3.83. The first kappa shape index (κ1) is 14.4. The minimum atomic E-state index is -0.290. The third kappa shape index (κ3) is 2.73. The number of carbonyl (C=O) groups excluding carboxylic acids is 1. The van der Waals surface area contributed by atoms with E-state index in [0.717, 1.165) is 40.2 Å². The van der Waals surface area contributed by atoms with Crippen molar-refractivity contribution >= 4 is 38.0 Å². The standard InChI is InChI=1S/C14H15Br2NO3/c15-9-5-8-7-17(10-1-3-11(18)4-2-10)14(19)20-13(8)12(16)6-9/h5-6,10-11,18H,1-4,7H2. The van der Waals surface area contributed by atoms with Crippen LogP contribution in [0.1, 0.15) is 31.2 Å². The van der Waals surface area contributed by atoms with Crippen LogP contribution >= 0.6 is 31.9 Å². The highest BCUT2D eigenvalue weighted by Crippen LogP contribution is 2.38. The number of halogens is 2. The lowest BCUT2D eigenvalue weighted by atomic mass is 9.91. The van der Waals surface area contributed by atoms with Gasteiger partial charge in [-0.05, 0) is 53.7 Å². The number of ether oxygens (including phenoxy) is 1. The van der Waals surface area contributed by atoms with Crippen LogP contribution < -0.4 is 4.74 Å². The molecule has 6 heteroatoms. The molecule has 0 atom stereocenters. The third-order valence-corrected chi connectivity index (χ3v) is 5.00. The molecule has 1 aromatic carbocycles. The van der Waals surface area contributed by atoms with E-state index in [-0.39, 0.29) is 18.2 Å². The van der Waals surface area contributed by atoms with Gasteiger partial charge in [-0.25, -0.2) is 4.79 Å². The largest absolute Gasteiger partial charge is 0.415 e. The molecular weight excluding hydrogens is 390 g/mol. The van der Waals surface area contributed by atoms with Crippen LogP contribution in [0.3, 0.4) is 0 Å². The highest BCUT2D eigenvalue weighted by Gasteiger charge is 2.34. The molecule has 1 aromatic rings. The molecular formula is C14H15Br2NO3. The van der Waals surface area contributed by atoms with Crippen LogP contribution in [0.15, 0.2) is 21.1 Å². The summed E-state index contributed by atoms with van der Waals surface area (Å²) >= 11 is 6.88. The van der Waals surface area contributed by atoms with Gasteiger partial charge in [0.15, 0.2) is 5.75 Å². The lowest BCUT2D eigenvalue weighted by Crippen LogP contribution is -2.46. The zero-order chi connectivity index (χ0) is 14.3. The Bertz CT molecular complexity index is 541. The van der Waals surface area contributed by atoms with Crippen molar-refractivity contribution in [3.05, 3.63) is 26.6 Å². The zero-order valence-corrected chi connectivity index (χ0v) is 14.0.